The van der Waals surface area contributed by atoms with Crippen LogP contribution in [0.1, 0.15) is 5.56 Å². The molecule has 0 radical (unpaired) electrons. The van der Waals surface area contributed by atoms with Gasteiger partial charge in [0.05, 0.1) is 12.7 Å². The van der Waals surface area contributed by atoms with Crippen molar-refractivity contribution in [1.29, 1.82) is 0 Å². The van der Waals surface area contributed by atoms with Gasteiger partial charge in [-0.05, 0) is 29.7 Å². The first-order valence-corrected chi connectivity index (χ1v) is 5.14. The zero-order valence-electron chi connectivity index (χ0n) is 8.81. The van der Waals surface area contributed by atoms with Crippen molar-refractivity contribution >= 4 is 22.4 Å². The Hall–Kier alpha value is -1.42. The van der Waals surface area contributed by atoms with Crippen LogP contribution in [-0.4, -0.2) is 7.11 Å². The molecule has 2 aromatic rings. The molecule has 0 unspecified atom stereocenters. The van der Waals surface area contributed by atoms with Gasteiger partial charge < -0.3 is 4.74 Å². The fourth-order valence-corrected chi connectivity index (χ4v) is 1.86. The van der Waals surface area contributed by atoms with Crippen LogP contribution < -0.4 is 4.74 Å². The maximum Gasteiger partial charge on any atom is 0.416 e. The molecule has 5 heteroatoms. The molecule has 0 fully saturated rings. The van der Waals surface area contributed by atoms with E-state index in [1.807, 2.05) is 0 Å². The number of ether oxygens (including phenoxy) is 1. The molecule has 0 atom stereocenters. The first kappa shape index (κ1) is 12.0. The highest BCUT2D eigenvalue weighted by atomic mass is 35.5. The van der Waals surface area contributed by atoms with Crippen molar-refractivity contribution in [3.8, 4) is 5.75 Å². The highest BCUT2D eigenvalue weighted by Crippen LogP contribution is 2.36. The Balaban J connectivity index is 2.68. The molecule has 0 saturated carbocycles. The lowest BCUT2D eigenvalue weighted by molar-refractivity contribution is -0.137. The molecule has 0 heterocycles. The zero-order chi connectivity index (χ0) is 12.6. The molecular formula is C12H8ClF3O. The molecule has 0 bridgehead atoms. The topological polar surface area (TPSA) is 9.23 Å². The second kappa shape index (κ2) is 4.11. The summed E-state index contributed by atoms with van der Waals surface area (Å²) in [5.41, 5.74) is -0.750. The molecule has 0 saturated heterocycles. The Labute approximate surface area is 101 Å². The lowest BCUT2D eigenvalue weighted by Gasteiger charge is -2.10. The fourth-order valence-electron chi connectivity index (χ4n) is 1.58. The van der Waals surface area contributed by atoms with Crippen molar-refractivity contribution in [1.82, 2.24) is 0 Å². The molecule has 0 aliphatic rings. The number of hydrogen-bond acceptors (Lipinski definition) is 1. The van der Waals surface area contributed by atoms with Crippen LogP contribution in [0.5, 0.6) is 5.75 Å². The summed E-state index contributed by atoms with van der Waals surface area (Å²) < 4.78 is 42.7. The molecule has 17 heavy (non-hydrogen) atoms. The van der Waals surface area contributed by atoms with Gasteiger partial charge in [0, 0.05) is 10.4 Å². The van der Waals surface area contributed by atoms with Gasteiger partial charge in [-0.1, -0.05) is 17.7 Å². The minimum Gasteiger partial charge on any atom is -0.497 e. The summed E-state index contributed by atoms with van der Waals surface area (Å²) in [6.45, 7) is 0. The van der Waals surface area contributed by atoms with Crippen LogP contribution in [0.25, 0.3) is 10.8 Å². The van der Waals surface area contributed by atoms with Crippen molar-refractivity contribution in [2.75, 3.05) is 7.11 Å². The highest BCUT2D eigenvalue weighted by molar-refractivity contribution is 6.35. The van der Waals surface area contributed by atoms with E-state index in [2.05, 4.69) is 0 Å². The van der Waals surface area contributed by atoms with Gasteiger partial charge in [-0.2, -0.15) is 13.2 Å². The highest BCUT2D eigenvalue weighted by Gasteiger charge is 2.31. The van der Waals surface area contributed by atoms with Crippen LogP contribution in [0, 0.1) is 0 Å². The van der Waals surface area contributed by atoms with E-state index in [1.54, 1.807) is 18.2 Å². The summed E-state index contributed by atoms with van der Waals surface area (Å²) in [7, 11) is 1.49. The average molecular weight is 261 g/mol. The Morgan fingerprint density at radius 1 is 1.12 bits per heavy atom. The van der Waals surface area contributed by atoms with E-state index in [0.29, 0.717) is 16.5 Å². The Morgan fingerprint density at radius 3 is 2.41 bits per heavy atom. The molecule has 2 rings (SSSR count). The molecule has 0 N–H and O–H groups in total. The van der Waals surface area contributed by atoms with E-state index < -0.39 is 11.7 Å². The normalized spacial score (nSPS) is 11.8. The molecule has 0 aliphatic carbocycles. The van der Waals surface area contributed by atoms with Gasteiger partial charge in [-0.25, -0.2) is 0 Å². The second-order valence-electron chi connectivity index (χ2n) is 3.54. The van der Waals surface area contributed by atoms with E-state index >= 15 is 0 Å². The van der Waals surface area contributed by atoms with Crippen molar-refractivity contribution in [3.05, 3.63) is 40.9 Å². The summed E-state index contributed by atoms with van der Waals surface area (Å²) in [5, 5.41) is 1.04. The second-order valence-corrected chi connectivity index (χ2v) is 3.95. The van der Waals surface area contributed by atoms with Crippen molar-refractivity contribution in [2.45, 2.75) is 6.18 Å². The molecule has 1 nitrogen and oxygen atoms in total. The average Bonchev–Trinajstić information content (AvgIpc) is 2.27. The standard InChI is InChI=1S/C12H8ClF3O/c1-17-9-3-2-7-4-8(12(14,15)16)5-11(13)10(7)6-9/h2-6H,1H3. The van der Waals surface area contributed by atoms with E-state index in [0.717, 1.165) is 12.1 Å². The summed E-state index contributed by atoms with van der Waals surface area (Å²) in [6.07, 6.45) is -4.39. The lowest BCUT2D eigenvalue weighted by Crippen LogP contribution is -2.04. The summed E-state index contributed by atoms with van der Waals surface area (Å²) in [5.74, 6) is 0.555. The predicted molar refractivity (Wildman–Crippen MR) is 60.5 cm³/mol. The van der Waals surface area contributed by atoms with Crippen LogP contribution in [0.3, 0.4) is 0 Å². The number of methoxy groups -OCH3 is 1. The van der Waals surface area contributed by atoms with Crippen LogP contribution >= 0.6 is 11.6 Å². The number of hydrogen-bond donors (Lipinski definition) is 0. The van der Waals surface area contributed by atoms with Gasteiger partial charge in [-0.15, -0.1) is 0 Å². The minimum atomic E-state index is -4.39. The summed E-state index contributed by atoms with van der Waals surface area (Å²) in [4.78, 5) is 0. The van der Waals surface area contributed by atoms with Crippen LogP contribution in [-0.2, 0) is 6.18 Å². The molecule has 90 valence electrons. The van der Waals surface area contributed by atoms with Crippen molar-refractivity contribution in [2.24, 2.45) is 0 Å². The van der Waals surface area contributed by atoms with E-state index in [-0.39, 0.29) is 5.02 Å². The maximum absolute atomic E-state index is 12.6. The molecule has 0 amide bonds. The van der Waals surface area contributed by atoms with E-state index in [1.165, 1.54) is 7.11 Å². The van der Waals surface area contributed by atoms with Gasteiger partial charge in [0.25, 0.3) is 0 Å². The van der Waals surface area contributed by atoms with Crippen molar-refractivity contribution < 1.29 is 17.9 Å². The molecule has 2 aromatic carbocycles. The largest absolute Gasteiger partial charge is 0.497 e. The number of alkyl halides is 3. The van der Waals surface area contributed by atoms with Gasteiger partial charge in [0.15, 0.2) is 0 Å². The Kier molecular flexibility index (Phi) is 2.91. The van der Waals surface area contributed by atoms with Crippen LogP contribution in [0.15, 0.2) is 30.3 Å². The minimum absolute atomic E-state index is 0.0636. The lowest BCUT2D eigenvalue weighted by atomic mass is 10.1. The molecular weight excluding hydrogens is 253 g/mol. The first-order chi connectivity index (χ1) is 7.91. The third kappa shape index (κ3) is 2.31. The van der Waals surface area contributed by atoms with Gasteiger partial charge in [0.2, 0.25) is 0 Å². The predicted octanol–water partition coefficient (Wildman–Crippen LogP) is 4.52. The first-order valence-electron chi connectivity index (χ1n) is 4.76. The van der Waals surface area contributed by atoms with E-state index in [9.17, 15) is 13.2 Å². The van der Waals surface area contributed by atoms with Gasteiger partial charge in [-0.3, -0.25) is 0 Å². The number of halogens is 4. The molecule has 0 spiro atoms. The SMILES string of the molecule is COc1ccc2cc(C(F)(F)F)cc(Cl)c2c1. The molecule has 0 aliphatic heterocycles. The number of benzene rings is 2. The monoisotopic (exact) mass is 260 g/mol. The zero-order valence-corrected chi connectivity index (χ0v) is 9.56. The quantitative estimate of drug-likeness (QED) is 0.732. The number of fused-ring (bicyclic) bond motifs is 1. The summed E-state index contributed by atoms with van der Waals surface area (Å²) >= 11 is 5.84. The summed E-state index contributed by atoms with van der Waals surface area (Å²) in [6, 6.07) is 6.75. The van der Waals surface area contributed by atoms with Gasteiger partial charge in [0.1, 0.15) is 5.75 Å². The molecule has 0 aromatic heterocycles. The third-order valence-corrected chi connectivity index (χ3v) is 2.75. The van der Waals surface area contributed by atoms with Gasteiger partial charge >= 0.3 is 6.18 Å². The van der Waals surface area contributed by atoms with E-state index in [4.69, 9.17) is 16.3 Å². The fraction of sp³-hybridized carbons (Fsp3) is 0.167. The maximum atomic E-state index is 12.6. The van der Waals surface area contributed by atoms with Crippen LogP contribution in [0.2, 0.25) is 5.02 Å². The van der Waals surface area contributed by atoms with Crippen molar-refractivity contribution in [3.63, 3.8) is 0 Å². The third-order valence-electron chi connectivity index (χ3n) is 2.44. The Morgan fingerprint density at radius 2 is 1.82 bits per heavy atom. The number of rotatable bonds is 1. The Bertz CT molecular complexity index is 563. The smallest absolute Gasteiger partial charge is 0.416 e. The van der Waals surface area contributed by atoms with Crippen LogP contribution in [0.4, 0.5) is 13.2 Å².